The normalized spacial score (nSPS) is 14.9. The summed E-state index contributed by atoms with van der Waals surface area (Å²) in [5, 5.41) is 9.42. The van der Waals surface area contributed by atoms with Gasteiger partial charge in [0.15, 0.2) is 8.32 Å². The molecule has 1 atom stereocenters. The molecular formula is C13H28O2Si. The molecule has 0 saturated heterocycles. The van der Waals surface area contributed by atoms with E-state index in [0.29, 0.717) is 5.92 Å². The minimum Gasteiger partial charge on any atom is -0.417 e. The van der Waals surface area contributed by atoms with E-state index in [4.69, 9.17) is 9.53 Å². The molecule has 0 bridgehead atoms. The van der Waals surface area contributed by atoms with Crippen LogP contribution >= 0.6 is 0 Å². The summed E-state index contributed by atoms with van der Waals surface area (Å²) in [6.07, 6.45) is 3.67. The molecule has 0 aliphatic rings. The minimum absolute atomic E-state index is 0.229. The van der Waals surface area contributed by atoms with Gasteiger partial charge in [0, 0.05) is 13.2 Å². The molecule has 0 fully saturated rings. The Hall–Kier alpha value is -0.123. The minimum atomic E-state index is -1.61. The van der Waals surface area contributed by atoms with Crippen molar-refractivity contribution in [3.8, 4) is 0 Å². The predicted octanol–water partition coefficient (Wildman–Crippen LogP) is 3.58. The van der Waals surface area contributed by atoms with Crippen molar-refractivity contribution in [3.63, 3.8) is 0 Å². The van der Waals surface area contributed by atoms with E-state index in [2.05, 4.69) is 40.4 Å². The third kappa shape index (κ3) is 5.28. The number of rotatable bonds is 7. The highest BCUT2D eigenvalue weighted by Gasteiger charge is 2.36. The molecule has 2 nitrogen and oxygen atoms in total. The van der Waals surface area contributed by atoms with Crippen molar-refractivity contribution < 1.29 is 9.53 Å². The van der Waals surface area contributed by atoms with Gasteiger partial charge in [0.1, 0.15) is 0 Å². The Morgan fingerprint density at radius 2 is 1.94 bits per heavy atom. The zero-order valence-corrected chi connectivity index (χ0v) is 12.5. The first-order chi connectivity index (χ1) is 7.24. The van der Waals surface area contributed by atoms with Crippen molar-refractivity contribution in [2.45, 2.75) is 51.7 Å². The van der Waals surface area contributed by atoms with Crippen molar-refractivity contribution in [1.82, 2.24) is 0 Å². The average molecular weight is 244 g/mol. The number of hydrogen-bond acceptors (Lipinski definition) is 2. The van der Waals surface area contributed by atoms with E-state index in [1.807, 2.05) is 6.08 Å². The fourth-order valence-electron chi connectivity index (χ4n) is 1.22. The first-order valence-corrected chi connectivity index (χ1v) is 9.01. The van der Waals surface area contributed by atoms with E-state index in [9.17, 15) is 0 Å². The van der Waals surface area contributed by atoms with E-state index in [1.54, 1.807) is 0 Å². The maximum absolute atomic E-state index is 9.15. The summed E-state index contributed by atoms with van der Waals surface area (Å²) in [6, 6.07) is 0. The summed E-state index contributed by atoms with van der Waals surface area (Å²) < 4.78 is 6.07. The van der Waals surface area contributed by atoms with Crippen LogP contribution in [0.4, 0.5) is 0 Å². The van der Waals surface area contributed by atoms with Gasteiger partial charge in [0.25, 0.3) is 0 Å². The van der Waals surface area contributed by atoms with Crippen LogP contribution in [0.2, 0.25) is 18.1 Å². The summed E-state index contributed by atoms with van der Waals surface area (Å²) in [4.78, 5) is 0. The SMILES string of the molecule is C=CCC(CO)CCO[Si](C)(C)C(C)(C)C. The monoisotopic (exact) mass is 244 g/mol. The van der Waals surface area contributed by atoms with Gasteiger partial charge >= 0.3 is 0 Å². The molecule has 1 unspecified atom stereocenters. The molecular weight excluding hydrogens is 216 g/mol. The number of hydrogen-bond donors (Lipinski definition) is 1. The highest BCUT2D eigenvalue weighted by atomic mass is 28.4. The van der Waals surface area contributed by atoms with Crippen molar-refractivity contribution in [3.05, 3.63) is 12.7 Å². The molecule has 0 aliphatic heterocycles. The zero-order valence-electron chi connectivity index (χ0n) is 11.5. The van der Waals surface area contributed by atoms with Crippen molar-refractivity contribution >= 4 is 8.32 Å². The van der Waals surface area contributed by atoms with Crippen molar-refractivity contribution in [2.24, 2.45) is 5.92 Å². The largest absolute Gasteiger partial charge is 0.417 e. The van der Waals surface area contributed by atoms with Crippen LogP contribution in [0, 0.1) is 5.92 Å². The average Bonchev–Trinajstić information content (AvgIpc) is 2.14. The molecule has 1 N–H and O–H groups in total. The number of aliphatic hydroxyl groups excluding tert-OH is 1. The lowest BCUT2D eigenvalue weighted by molar-refractivity contribution is 0.186. The Morgan fingerprint density at radius 1 is 1.38 bits per heavy atom. The molecule has 0 aromatic carbocycles. The van der Waals surface area contributed by atoms with E-state index in [0.717, 1.165) is 19.4 Å². The number of allylic oxidation sites excluding steroid dienone is 1. The molecule has 0 amide bonds. The Bertz CT molecular complexity index is 206. The Morgan fingerprint density at radius 3 is 2.31 bits per heavy atom. The first kappa shape index (κ1) is 15.9. The second-order valence-corrected chi connectivity index (χ2v) is 10.8. The van der Waals surface area contributed by atoms with Crippen LogP contribution in [0.15, 0.2) is 12.7 Å². The summed E-state index contributed by atoms with van der Waals surface area (Å²) in [7, 11) is -1.61. The van der Waals surface area contributed by atoms with Gasteiger partial charge in [0.2, 0.25) is 0 Å². The predicted molar refractivity (Wildman–Crippen MR) is 73.2 cm³/mol. The molecule has 0 heterocycles. The molecule has 3 heteroatoms. The van der Waals surface area contributed by atoms with E-state index >= 15 is 0 Å². The van der Waals surface area contributed by atoms with Gasteiger partial charge in [-0.15, -0.1) is 6.58 Å². The first-order valence-electron chi connectivity index (χ1n) is 6.10. The van der Waals surface area contributed by atoms with Gasteiger partial charge in [-0.1, -0.05) is 26.8 Å². The van der Waals surface area contributed by atoms with Crippen LogP contribution in [0.5, 0.6) is 0 Å². The van der Waals surface area contributed by atoms with Gasteiger partial charge in [-0.25, -0.2) is 0 Å². The molecule has 0 aromatic heterocycles. The van der Waals surface area contributed by atoms with Gasteiger partial charge < -0.3 is 9.53 Å². The Balaban J connectivity index is 4.01. The summed E-state index contributed by atoms with van der Waals surface area (Å²) in [5.74, 6) is 0.308. The van der Waals surface area contributed by atoms with E-state index in [-0.39, 0.29) is 11.6 Å². The fraction of sp³-hybridized carbons (Fsp3) is 0.846. The zero-order chi connectivity index (χ0) is 12.8. The summed E-state index contributed by atoms with van der Waals surface area (Å²) >= 11 is 0. The Kier molecular flexibility index (Phi) is 6.52. The van der Waals surface area contributed by atoms with E-state index in [1.165, 1.54) is 0 Å². The molecule has 0 spiro atoms. The van der Waals surface area contributed by atoms with Crippen LogP contribution in [0.25, 0.3) is 0 Å². The smallest absolute Gasteiger partial charge is 0.191 e. The van der Waals surface area contributed by atoms with Crippen molar-refractivity contribution in [2.75, 3.05) is 13.2 Å². The topological polar surface area (TPSA) is 29.5 Å². The molecule has 0 saturated carbocycles. The molecule has 0 aliphatic carbocycles. The lowest BCUT2D eigenvalue weighted by Crippen LogP contribution is -2.41. The Labute approximate surface area is 102 Å². The van der Waals surface area contributed by atoms with Gasteiger partial charge in [0.05, 0.1) is 0 Å². The number of aliphatic hydroxyl groups is 1. The van der Waals surface area contributed by atoms with Crippen LogP contribution < -0.4 is 0 Å². The van der Waals surface area contributed by atoms with Gasteiger partial charge in [-0.05, 0) is 36.9 Å². The van der Waals surface area contributed by atoms with Gasteiger partial charge in [-0.2, -0.15) is 0 Å². The summed E-state index contributed by atoms with van der Waals surface area (Å²) in [6.45, 7) is 15.9. The van der Waals surface area contributed by atoms with Crippen LogP contribution in [0.3, 0.4) is 0 Å². The lowest BCUT2D eigenvalue weighted by Gasteiger charge is -2.36. The highest BCUT2D eigenvalue weighted by molar-refractivity contribution is 6.74. The highest BCUT2D eigenvalue weighted by Crippen LogP contribution is 2.36. The van der Waals surface area contributed by atoms with Crippen LogP contribution in [-0.2, 0) is 4.43 Å². The molecule has 0 radical (unpaired) electrons. The quantitative estimate of drug-likeness (QED) is 0.548. The summed E-state index contributed by atoms with van der Waals surface area (Å²) in [5.41, 5.74) is 0. The molecule has 0 rings (SSSR count). The molecule has 16 heavy (non-hydrogen) atoms. The lowest BCUT2D eigenvalue weighted by atomic mass is 10.0. The van der Waals surface area contributed by atoms with Crippen LogP contribution in [0.1, 0.15) is 33.6 Å². The third-order valence-corrected chi connectivity index (χ3v) is 8.09. The molecule has 0 aromatic rings. The van der Waals surface area contributed by atoms with Crippen molar-refractivity contribution in [1.29, 1.82) is 0 Å². The second-order valence-electron chi connectivity index (χ2n) is 5.97. The fourth-order valence-corrected chi connectivity index (χ4v) is 2.28. The maximum Gasteiger partial charge on any atom is 0.191 e. The van der Waals surface area contributed by atoms with Gasteiger partial charge in [-0.3, -0.25) is 0 Å². The molecule has 96 valence electrons. The standard InChI is InChI=1S/C13H28O2Si/c1-7-8-12(11-14)9-10-15-16(5,6)13(2,3)4/h7,12,14H,1,8-11H2,2-6H3. The third-order valence-electron chi connectivity index (χ3n) is 3.55. The maximum atomic E-state index is 9.15. The van der Waals surface area contributed by atoms with Crippen LogP contribution in [-0.4, -0.2) is 26.6 Å². The second kappa shape index (κ2) is 6.57. The van der Waals surface area contributed by atoms with E-state index < -0.39 is 8.32 Å².